The Morgan fingerprint density at radius 3 is 2.81 bits per heavy atom. The van der Waals surface area contributed by atoms with Crippen LogP contribution in [0.25, 0.3) is 0 Å². The summed E-state index contributed by atoms with van der Waals surface area (Å²) in [7, 11) is 0. The highest BCUT2D eigenvalue weighted by Gasteiger charge is 2.26. The first-order valence-corrected chi connectivity index (χ1v) is 8.99. The van der Waals surface area contributed by atoms with Crippen molar-refractivity contribution in [1.82, 2.24) is 10.6 Å². The summed E-state index contributed by atoms with van der Waals surface area (Å²) in [5.41, 5.74) is -1.17. The lowest BCUT2D eigenvalue weighted by atomic mass is 10.0. The van der Waals surface area contributed by atoms with Gasteiger partial charge in [0, 0.05) is 11.6 Å². The molecule has 2 unspecified atom stereocenters. The molecule has 0 aliphatic rings. The lowest BCUT2D eigenvalue weighted by Crippen LogP contribution is -2.42. The number of halogens is 1. The summed E-state index contributed by atoms with van der Waals surface area (Å²) in [4.78, 5) is 4.44. The number of nitrogens with one attached hydrogen (secondary N) is 2. The van der Waals surface area contributed by atoms with Crippen LogP contribution in [-0.2, 0) is 5.60 Å². The Labute approximate surface area is 159 Å². The molecular formula is C19H26ClN3O3. The average Bonchev–Trinajstić information content (AvgIpc) is 3.13. The monoisotopic (exact) mass is 379 g/mol. The zero-order valence-corrected chi connectivity index (χ0v) is 16.1. The maximum atomic E-state index is 10.5. The van der Waals surface area contributed by atoms with E-state index in [-0.39, 0.29) is 12.6 Å². The second-order valence-electron chi connectivity index (χ2n) is 6.21. The van der Waals surface area contributed by atoms with Crippen molar-refractivity contribution in [2.24, 2.45) is 4.99 Å². The van der Waals surface area contributed by atoms with Crippen LogP contribution in [0.2, 0.25) is 5.02 Å². The zero-order chi connectivity index (χ0) is 19.0. The maximum absolute atomic E-state index is 10.5. The van der Waals surface area contributed by atoms with Crippen molar-refractivity contribution in [3.05, 3.63) is 53.4 Å². The summed E-state index contributed by atoms with van der Waals surface area (Å²) in [6.45, 7) is 7.02. The van der Waals surface area contributed by atoms with E-state index < -0.39 is 5.60 Å². The van der Waals surface area contributed by atoms with Gasteiger partial charge in [-0.05, 0) is 51.1 Å². The molecule has 2 rings (SSSR count). The average molecular weight is 380 g/mol. The summed E-state index contributed by atoms with van der Waals surface area (Å²) in [5.74, 6) is 1.80. The molecule has 0 radical (unpaired) electrons. The minimum atomic E-state index is -1.17. The molecule has 0 aliphatic heterocycles. The smallest absolute Gasteiger partial charge is 0.191 e. The Kier molecular flexibility index (Phi) is 7.36. The van der Waals surface area contributed by atoms with Gasteiger partial charge in [-0.25, -0.2) is 4.99 Å². The van der Waals surface area contributed by atoms with Crippen molar-refractivity contribution < 1.29 is 14.3 Å². The number of furan rings is 1. The molecule has 3 N–H and O–H groups in total. The van der Waals surface area contributed by atoms with Crippen LogP contribution >= 0.6 is 11.6 Å². The first-order valence-electron chi connectivity index (χ1n) is 8.61. The molecule has 1 aromatic carbocycles. The van der Waals surface area contributed by atoms with Crippen molar-refractivity contribution in [2.75, 3.05) is 19.6 Å². The largest absolute Gasteiger partial charge is 0.489 e. The van der Waals surface area contributed by atoms with Gasteiger partial charge in [0.2, 0.25) is 0 Å². The number of ether oxygens (including phenoxy) is 1. The molecule has 2 atom stereocenters. The van der Waals surface area contributed by atoms with Gasteiger partial charge >= 0.3 is 0 Å². The fraction of sp³-hybridized carbons (Fsp3) is 0.421. The van der Waals surface area contributed by atoms with E-state index >= 15 is 0 Å². The Balaban J connectivity index is 1.90. The van der Waals surface area contributed by atoms with E-state index in [9.17, 15) is 5.11 Å². The van der Waals surface area contributed by atoms with E-state index in [4.69, 9.17) is 20.8 Å². The number of hydrogen-bond acceptors (Lipinski definition) is 4. The van der Waals surface area contributed by atoms with E-state index in [2.05, 4.69) is 15.6 Å². The SMILES string of the molecule is CCNC(=NCC(C)(O)c1ccco1)NCC(C)Oc1cccc(Cl)c1. The molecule has 0 bridgehead atoms. The van der Waals surface area contributed by atoms with Crippen LogP contribution in [0.4, 0.5) is 0 Å². The fourth-order valence-electron chi connectivity index (χ4n) is 2.29. The van der Waals surface area contributed by atoms with Crippen LogP contribution < -0.4 is 15.4 Å². The fourth-order valence-corrected chi connectivity index (χ4v) is 2.47. The van der Waals surface area contributed by atoms with E-state index in [0.717, 1.165) is 5.75 Å². The molecular weight excluding hydrogens is 354 g/mol. The van der Waals surface area contributed by atoms with Crippen molar-refractivity contribution in [2.45, 2.75) is 32.5 Å². The third-order valence-electron chi connectivity index (χ3n) is 3.63. The van der Waals surface area contributed by atoms with Crippen LogP contribution in [0.5, 0.6) is 5.75 Å². The van der Waals surface area contributed by atoms with Gasteiger partial charge in [0.15, 0.2) is 5.96 Å². The van der Waals surface area contributed by atoms with Crippen molar-refractivity contribution in [3.63, 3.8) is 0 Å². The third-order valence-corrected chi connectivity index (χ3v) is 3.87. The number of rotatable bonds is 8. The molecule has 0 fully saturated rings. The molecule has 1 heterocycles. The summed E-state index contributed by atoms with van der Waals surface area (Å²) < 4.78 is 11.1. The molecule has 2 aromatic rings. The summed E-state index contributed by atoms with van der Waals surface area (Å²) in [5, 5.41) is 17.5. The van der Waals surface area contributed by atoms with Crippen LogP contribution in [0.3, 0.4) is 0 Å². The van der Waals surface area contributed by atoms with E-state index in [0.29, 0.717) is 29.8 Å². The Hall–Kier alpha value is -2.18. The maximum Gasteiger partial charge on any atom is 0.191 e. The standard InChI is InChI=1S/C19H26ClN3O3/c1-4-21-18(23-13-19(3,24)17-9-6-10-25-17)22-12-14(2)26-16-8-5-7-15(20)11-16/h5-11,14,24H,4,12-13H2,1-3H3,(H2,21,22,23). The highest BCUT2D eigenvalue weighted by molar-refractivity contribution is 6.30. The van der Waals surface area contributed by atoms with Gasteiger partial charge < -0.3 is 24.9 Å². The van der Waals surface area contributed by atoms with Gasteiger partial charge in [0.05, 0.1) is 19.4 Å². The van der Waals surface area contributed by atoms with Gasteiger partial charge in [0.1, 0.15) is 23.2 Å². The predicted molar refractivity (Wildman–Crippen MR) is 104 cm³/mol. The number of hydrogen-bond donors (Lipinski definition) is 3. The Morgan fingerprint density at radius 2 is 2.15 bits per heavy atom. The van der Waals surface area contributed by atoms with Crippen LogP contribution in [0.15, 0.2) is 52.1 Å². The van der Waals surface area contributed by atoms with Gasteiger partial charge in [-0.1, -0.05) is 17.7 Å². The number of guanidine groups is 1. The van der Waals surface area contributed by atoms with E-state index in [1.807, 2.05) is 26.0 Å². The van der Waals surface area contributed by atoms with Crippen LogP contribution in [-0.4, -0.2) is 36.8 Å². The molecule has 0 spiro atoms. The van der Waals surface area contributed by atoms with Gasteiger partial charge in [-0.2, -0.15) is 0 Å². The minimum absolute atomic E-state index is 0.0945. The molecule has 0 amide bonds. The highest BCUT2D eigenvalue weighted by atomic mass is 35.5. The molecule has 6 nitrogen and oxygen atoms in total. The summed E-state index contributed by atoms with van der Waals surface area (Å²) in [6.07, 6.45) is 1.44. The lowest BCUT2D eigenvalue weighted by Gasteiger charge is -2.21. The molecule has 26 heavy (non-hydrogen) atoms. The summed E-state index contributed by atoms with van der Waals surface area (Å²) >= 11 is 5.97. The molecule has 142 valence electrons. The van der Waals surface area contributed by atoms with Crippen molar-refractivity contribution >= 4 is 17.6 Å². The topological polar surface area (TPSA) is 79.0 Å². The van der Waals surface area contributed by atoms with Crippen molar-refractivity contribution in [1.29, 1.82) is 0 Å². The highest BCUT2D eigenvalue weighted by Crippen LogP contribution is 2.21. The normalized spacial score (nSPS) is 15.2. The Bertz CT molecular complexity index is 702. The van der Waals surface area contributed by atoms with Gasteiger partial charge in [0.25, 0.3) is 0 Å². The molecule has 1 aromatic heterocycles. The lowest BCUT2D eigenvalue weighted by molar-refractivity contribution is 0.0437. The predicted octanol–water partition coefficient (Wildman–Crippen LogP) is 3.16. The van der Waals surface area contributed by atoms with Gasteiger partial charge in [-0.15, -0.1) is 0 Å². The third kappa shape index (κ3) is 6.28. The molecule has 0 saturated heterocycles. The quantitative estimate of drug-likeness (QED) is 0.485. The zero-order valence-electron chi connectivity index (χ0n) is 15.3. The number of aliphatic hydroxyl groups is 1. The van der Waals surface area contributed by atoms with Crippen LogP contribution in [0, 0.1) is 0 Å². The Morgan fingerprint density at radius 1 is 1.35 bits per heavy atom. The first-order chi connectivity index (χ1) is 12.4. The minimum Gasteiger partial charge on any atom is -0.489 e. The van der Waals surface area contributed by atoms with Crippen molar-refractivity contribution in [3.8, 4) is 5.75 Å². The second kappa shape index (κ2) is 9.50. The second-order valence-corrected chi connectivity index (χ2v) is 6.65. The van der Waals surface area contributed by atoms with E-state index in [1.165, 1.54) is 6.26 Å². The van der Waals surface area contributed by atoms with Gasteiger partial charge in [-0.3, -0.25) is 0 Å². The number of aliphatic imine (C=N–C) groups is 1. The molecule has 7 heteroatoms. The van der Waals surface area contributed by atoms with E-state index in [1.54, 1.807) is 31.2 Å². The molecule has 0 aliphatic carbocycles. The summed E-state index contributed by atoms with van der Waals surface area (Å²) in [6, 6.07) is 10.8. The number of benzene rings is 1. The first kappa shape index (κ1) is 20.1. The molecule has 0 saturated carbocycles. The number of nitrogens with zero attached hydrogens (tertiary/aromatic N) is 1. The van der Waals surface area contributed by atoms with Crippen LogP contribution in [0.1, 0.15) is 26.5 Å².